The summed E-state index contributed by atoms with van der Waals surface area (Å²) in [5.41, 5.74) is 10.4. The summed E-state index contributed by atoms with van der Waals surface area (Å²) in [6, 6.07) is 12.3. The van der Waals surface area contributed by atoms with E-state index in [1.807, 2.05) is 29.0 Å². The van der Waals surface area contributed by atoms with Gasteiger partial charge in [-0.1, -0.05) is 23.6 Å². The average Bonchev–Trinajstić information content (AvgIpc) is 3.21. The number of hydrogen-bond acceptors (Lipinski definition) is 5. The van der Waals surface area contributed by atoms with Gasteiger partial charge in [0, 0.05) is 30.7 Å². The molecule has 1 atom stereocenters. The predicted octanol–water partition coefficient (Wildman–Crippen LogP) is 3.05. The lowest BCUT2D eigenvalue weighted by Crippen LogP contribution is -2.45. The van der Waals surface area contributed by atoms with Gasteiger partial charge in [0.1, 0.15) is 5.52 Å². The Morgan fingerprint density at radius 2 is 2.03 bits per heavy atom. The summed E-state index contributed by atoms with van der Waals surface area (Å²) in [5, 5.41) is 1.11. The molecule has 0 bridgehead atoms. The number of pyridine rings is 1. The molecule has 4 aromatic rings. The topological polar surface area (TPSA) is 82.0 Å². The lowest BCUT2D eigenvalue weighted by atomic mass is 10.1. The minimum Gasteiger partial charge on any atom is -0.341 e. The van der Waals surface area contributed by atoms with Crippen LogP contribution in [0.2, 0.25) is 0 Å². The number of anilines is 1. The highest BCUT2D eigenvalue weighted by atomic mass is 16.1. The third kappa shape index (κ3) is 4.10. The molecule has 0 saturated carbocycles. The van der Waals surface area contributed by atoms with Crippen molar-refractivity contribution in [2.45, 2.75) is 45.8 Å². The van der Waals surface area contributed by atoms with E-state index in [2.05, 4.69) is 41.9 Å². The SMILES string of the molecule is CC#CCn1c(N2CCC[C@@H](N)C2)nc2ccn(Cc3ccc4cc(C)ccc4n3)c2c1=O. The van der Waals surface area contributed by atoms with Crippen LogP contribution in [0.1, 0.15) is 31.0 Å². The zero-order valence-electron chi connectivity index (χ0n) is 19.1. The van der Waals surface area contributed by atoms with E-state index in [0.29, 0.717) is 36.6 Å². The molecule has 7 nitrogen and oxygen atoms in total. The van der Waals surface area contributed by atoms with Gasteiger partial charge < -0.3 is 15.2 Å². The summed E-state index contributed by atoms with van der Waals surface area (Å²) in [6.45, 7) is 6.19. The van der Waals surface area contributed by atoms with E-state index in [1.54, 1.807) is 11.5 Å². The predicted molar refractivity (Wildman–Crippen MR) is 132 cm³/mol. The number of nitrogens with zero attached hydrogens (tertiary/aromatic N) is 5. The number of fused-ring (bicyclic) bond motifs is 2. The Balaban J connectivity index is 1.57. The van der Waals surface area contributed by atoms with Crippen molar-refractivity contribution >= 4 is 27.9 Å². The van der Waals surface area contributed by atoms with Crippen LogP contribution in [0.5, 0.6) is 0 Å². The minimum absolute atomic E-state index is 0.0849. The first-order valence-corrected chi connectivity index (χ1v) is 11.4. The number of benzene rings is 1. The van der Waals surface area contributed by atoms with Gasteiger partial charge in [-0.2, -0.15) is 0 Å². The first kappa shape index (κ1) is 21.2. The fraction of sp³-hybridized carbons (Fsp3) is 0.346. The molecule has 1 fully saturated rings. The van der Waals surface area contributed by atoms with E-state index < -0.39 is 0 Å². The molecule has 4 heterocycles. The van der Waals surface area contributed by atoms with Crippen LogP contribution in [0.15, 0.2) is 47.4 Å². The van der Waals surface area contributed by atoms with Gasteiger partial charge in [0.25, 0.3) is 5.56 Å². The minimum atomic E-state index is -0.0849. The number of piperidine rings is 1. The Kier molecular flexibility index (Phi) is 5.61. The van der Waals surface area contributed by atoms with Crippen LogP contribution in [0.25, 0.3) is 21.9 Å². The summed E-state index contributed by atoms with van der Waals surface area (Å²) in [6.07, 6.45) is 3.90. The van der Waals surface area contributed by atoms with Crippen LogP contribution in [-0.2, 0) is 13.1 Å². The molecule has 0 spiro atoms. The second-order valence-corrected chi connectivity index (χ2v) is 8.75. The monoisotopic (exact) mass is 440 g/mol. The molecule has 7 heteroatoms. The van der Waals surface area contributed by atoms with E-state index in [4.69, 9.17) is 15.7 Å². The van der Waals surface area contributed by atoms with Crippen molar-refractivity contribution in [2.75, 3.05) is 18.0 Å². The summed E-state index contributed by atoms with van der Waals surface area (Å²) in [4.78, 5) is 25.5. The number of rotatable bonds is 4. The van der Waals surface area contributed by atoms with Crippen LogP contribution in [0.3, 0.4) is 0 Å². The maximum absolute atomic E-state index is 13.7. The largest absolute Gasteiger partial charge is 0.341 e. The van der Waals surface area contributed by atoms with Crippen molar-refractivity contribution in [2.24, 2.45) is 5.73 Å². The molecule has 0 amide bonds. The summed E-state index contributed by atoms with van der Waals surface area (Å²) in [7, 11) is 0. The van der Waals surface area contributed by atoms with Crippen LogP contribution < -0.4 is 16.2 Å². The van der Waals surface area contributed by atoms with Gasteiger partial charge in [-0.05, 0) is 51.0 Å². The summed E-state index contributed by atoms with van der Waals surface area (Å²) in [5.74, 6) is 6.60. The highest BCUT2D eigenvalue weighted by Gasteiger charge is 2.23. The quantitative estimate of drug-likeness (QED) is 0.493. The van der Waals surface area contributed by atoms with Gasteiger partial charge in [0.2, 0.25) is 5.95 Å². The zero-order valence-corrected chi connectivity index (χ0v) is 19.1. The van der Waals surface area contributed by atoms with Crippen LogP contribution in [0, 0.1) is 18.8 Å². The highest BCUT2D eigenvalue weighted by molar-refractivity contribution is 5.79. The smallest absolute Gasteiger partial charge is 0.280 e. The van der Waals surface area contributed by atoms with Gasteiger partial charge in [0.15, 0.2) is 0 Å². The van der Waals surface area contributed by atoms with Crippen molar-refractivity contribution in [1.82, 2.24) is 19.1 Å². The van der Waals surface area contributed by atoms with Gasteiger partial charge in [-0.25, -0.2) is 4.98 Å². The molecule has 1 saturated heterocycles. The van der Waals surface area contributed by atoms with Crippen molar-refractivity contribution in [3.8, 4) is 11.8 Å². The molecule has 33 heavy (non-hydrogen) atoms. The van der Waals surface area contributed by atoms with Crippen molar-refractivity contribution in [3.05, 3.63) is 64.2 Å². The Morgan fingerprint density at radius 1 is 1.15 bits per heavy atom. The Morgan fingerprint density at radius 3 is 2.85 bits per heavy atom. The number of nitrogens with two attached hydrogens (primary N) is 1. The van der Waals surface area contributed by atoms with Crippen LogP contribution in [0.4, 0.5) is 5.95 Å². The van der Waals surface area contributed by atoms with Gasteiger partial charge in [-0.3, -0.25) is 14.3 Å². The molecule has 1 aliphatic rings. The molecular formula is C26H28N6O. The third-order valence-corrected chi connectivity index (χ3v) is 6.24. The van der Waals surface area contributed by atoms with E-state index in [1.165, 1.54) is 5.56 Å². The standard InChI is InChI=1S/C26H28N6O/c1-3-4-13-32-25(33)24-23(29-26(32)31-12-5-6-20(27)16-31)11-14-30(24)17-21-9-8-19-15-18(2)7-10-22(19)28-21/h7-11,14-15,20H,5-6,12-13,16-17,27H2,1-2H3/t20-/m1/s1. The molecule has 2 N–H and O–H groups in total. The van der Waals surface area contributed by atoms with E-state index >= 15 is 0 Å². The molecule has 0 unspecified atom stereocenters. The zero-order chi connectivity index (χ0) is 22.9. The number of aromatic nitrogens is 4. The van der Waals surface area contributed by atoms with E-state index in [9.17, 15) is 4.79 Å². The Bertz CT molecular complexity index is 1450. The maximum atomic E-state index is 13.7. The highest BCUT2D eigenvalue weighted by Crippen LogP contribution is 2.21. The molecule has 1 aliphatic heterocycles. The van der Waals surface area contributed by atoms with E-state index in [0.717, 1.165) is 36.0 Å². The lowest BCUT2D eigenvalue weighted by Gasteiger charge is -2.32. The Hall–Kier alpha value is -3.63. The van der Waals surface area contributed by atoms with Crippen LogP contribution >= 0.6 is 0 Å². The number of aryl methyl sites for hydroxylation is 1. The molecule has 0 aliphatic carbocycles. The fourth-order valence-corrected chi connectivity index (χ4v) is 4.59. The second kappa shape index (κ2) is 8.72. The molecule has 3 aromatic heterocycles. The van der Waals surface area contributed by atoms with Gasteiger partial charge in [0.05, 0.1) is 29.8 Å². The maximum Gasteiger partial charge on any atom is 0.280 e. The average molecular weight is 441 g/mol. The lowest BCUT2D eigenvalue weighted by molar-refractivity contribution is 0.492. The molecule has 5 rings (SSSR count). The first-order chi connectivity index (χ1) is 16.0. The second-order valence-electron chi connectivity index (χ2n) is 8.75. The first-order valence-electron chi connectivity index (χ1n) is 11.4. The normalized spacial score (nSPS) is 16.2. The van der Waals surface area contributed by atoms with Crippen molar-refractivity contribution in [3.63, 3.8) is 0 Å². The van der Waals surface area contributed by atoms with Gasteiger partial charge in [-0.15, -0.1) is 5.92 Å². The molecule has 168 valence electrons. The summed E-state index contributed by atoms with van der Waals surface area (Å²) >= 11 is 0. The third-order valence-electron chi connectivity index (χ3n) is 6.24. The van der Waals surface area contributed by atoms with Gasteiger partial charge >= 0.3 is 0 Å². The Labute approximate surface area is 192 Å². The van der Waals surface area contributed by atoms with Crippen molar-refractivity contribution in [1.29, 1.82) is 0 Å². The molecule has 1 aromatic carbocycles. The van der Waals surface area contributed by atoms with E-state index in [-0.39, 0.29) is 11.6 Å². The molecular weight excluding hydrogens is 412 g/mol. The van der Waals surface area contributed by atoms with Crippen molar-refractivity contribution < 1.29 is 0 Å². The van der Waals surface area contributed by atoms with Crippen LogP contribution in [-0.4, -0.2) is 38.2 Å². The summed E-state index contributed by atoms with van der Waals surface area (Å²) < 4.78 is 3.62. The molecule has 0 radical (unpaired) electrons. The number of hydrogen-bond donors (Lipinski definition) is 1. The fourth-order valence-electron chi connectivity index (χ4n) is 4.59.